The lowest BCUT2D eigenvalue weighted by molar-refractivity contribution is -0.857. The number of ketones is 1. The van der Waals surface area contributed by atoms with E-state index in [0.717, 1.165) is 15.3 Å². The second-order valence-corrected chi connectivity index (χ2v) is 9.68. The van der Waals surface area contributed by atoms with Crippen LogP contribution in [0, 0.1) is 6.92 Å². The number of carbonyl (C=O) groups is 2. The van der Waals surface area contributed by atoms with Crippen LogP contribution in [0.15, 0.2) is 71.6 Å². The first-order valence-electron chi connectivity index (χ1n) is 11.2. The number of Topliss-reactive ketones (excluding diaryl/α,β-unsaturated/α-hetero) is 1. The Morgan fingerprint density at radius 2 is 1.85 bits per heavy atom. The van der Waals surface area contributed by atoms with Gasteiger partial charge in [-0.15, -0.1) is 11.3 Å². The number of likely N-dealkylation sites (N-methyl/N-ethyl adjacent to an activating group) is 1. The lowest BCUT2D eigenvalue weighted by atomic mass is 9.97. The van der Waals surface area contributed by atoms with Gasteiger partial charge in [-0.25, -0.2) is 0 Å². The summed E-state index contributed by atoms with van der Waals surface area (Å²) in [5, 5.41) is 15.5. The van der Waals surface area contributed by atoms with Crippen LogP contribution in [0.5, 0.6) is 5.75 Å². The molecule has 2 heterocycles. The van der Waals surface area contributed by atoms with Crippen molar-refractivity contribution in [3.8, 4) is 5.75 Å². The Hall–Kier alpha value is -3.42. The fraction of sp³-hybridized carbons (Fsp3) is 0.259. The van der Waals surface area contributed by atoms with E-state index < -0.39 is 23.5 Å². The van der Waals surface area contributed by atoms with Crippen molar-refractivity contribution in [2.24, 2.45) is 0 Å². The van der Waals surface area contributed by atoms with Crippen molar-refractivity contribution < 1.29 is 24.3 Å². The minimum Gasteiger partial charge on any atom is -0.872 e. The molecule has 3 aromatic rings. The molecule has 1 aromatic heterocycles. The molecular formula is C27H28N2O4S. The minimum atomic E-state index is -0.707. The number of nitrogens with one attached hydrogen (secondary N) is 1. The van der Waals surface area contributed by atoms with Gasteiger partial charge in [0, 0.05) is 10.5 Å². The van der Waals surface area contributed by atoms with Crippen LogP contribution in [0.25, 0.3) is 5.76 Å². The monoisotopic (exact) mass is 476 g/mol. The second kappa shape index (κ2) is 10.2. The first-order valence-corrected chi connectivity index (χ1v) is 12.1. The number of thiophene rings is 1. The molecule has 1 unspecified atom stereocenters. The highest BCUT2D eigenvalue weighted by molar-refractivity contribution is 7.10. The van der Waals surface area contributed by atoms with Crippen molar-refractivity contribution in [3.05, 3.63) is 93.2 Å². The van der Waals surface area contributed by atoms with Gasteiger partial charge in [0.1, 0.15) is 12.4 Å². The predicted molar refractivity (Wildman–Crippen MR) is 130 cm³/mol. The Morgan fingerprint density at radius 1 is 1.09 bits per heavy atom. The topological polar surface area (TPSA) is 74.1 Å². The van der Waals surface area contributed by atoms with Crippen LogP contribution in [-0.2, 0) is 16.2 Å². The number of amides is 1. The van der Waals surface area contributed by atoms with E-state index in [4.69, 9.17) is 4.74 Å². The van der Waals surface area contributed by atoms with Gasteiger partial charge in [0.05, 0.1) is 33.2 Å². The smallest absolute Gasteiger partial charge is 0.295 e. The number of hydrogen-bond acceptors (Lipinski definition) is 5. The number of carbonyl (C=O) groups excluding carboxylic acids is 2. The van der Waals surface area contributed by atoms with Gasteiger partial charge in [0.25, 0.3) is 5.91 Å². The molecule has 4 rings (SSSR count). The zero-order valence-corrected chi connectivity index (χ0v) is 20.4. The van der Waals surface area contributed by atoms with Crippen molar-refractivity contribution in [1.82, 2.24) is 4.90 Å². The van der Waals surface area contributed by atoms with E-state index in [1.54, 1.807) is 23.1 Å². The maximum absolute atomic E-state index is 13.6. The Kier molecular flexibility index (Phi) is 7.14. The van der Waals surface area contributed by atoms with Crippen LogP contribution in [0.4, 0.5) is 0 Å². The second-order valence-electron chi connectivity index (χ2n) is 8.70. The molecule has 1 amide bonds. The summed E-state index contributed by atoms with van der Waals surface area (Å²) >= 11 is 1.44. The zero-order valence-electron chi connectivity index (χ0n) is 19.5. The van der Waals surface area contributed by atoms with E-state index >= 15 is 0 Å². The highest BCUT2D eigenvalue weighted by Gasteiger charge is 2.44. The fourth-order valence-electron chi connectivity index (χ4n) is 4.05. The molecule has 176 valence electrons. The molecule has 1 saturated heterocycles. The van der Waals surface area contributed by atoms with Gasteiger partial charge in [-0.05, 0) is 47.2 Å². The first kappa shape index (κ1) is 23.7. The van der Waals surface area contributed by atoms with Gasteiger partial charge in [-0.1, -0.05) is 48.2 Å². The minimum absolute atomic E-state index is 0.0299. The maximum atomic E-state index is 13.6. The van der Waals surface area contributed by atoms with E-state index in [-0.39, 0.29) is 5.57 Å². The largest absolute Gasteiger partial charge is 0.872 e. The molecule has 34 heavy (non-hydrogen) atoms. The van der Waals surface area contributed by atoms with Crippen LogP contribution < -0.4 is 14.7 Å². The van der Waals surface area contributed by atoms with Gasteiger partial charge in [0.2, 0.25) is 5.78 Å². The molecule has 0 aliphatic carbocycles. The van der Waals surface area contributed by atoms with Crippen LogP contribution in [0.2, 0.25) is 0 Å². The normalized spacial score (nSPS) is 17.5. The number of nitrogens with zero attached hydrogens (tertiary/aromatic N) is 1. The van der Waals surface area contributed by atoms with E-state index in [2.05, 4.69) is 0 Å². The average molecular weight is 477 g/mol. The lowest BCUT2D eigenvalue weighted by Gasteiger charge is -2.27. The summed E-state index contributed by atoms with van der Waals surface area (Å²) in [6.45, 7) is 3.31. The van der Waals surface area contributed by atoms with Gasteiger partial charge in [-0.3, -0.25) is 9.59 Å². The number of aryl methyl sites for hydroxylation is 1. The molecular weight excluding hydrogens is 448 g/mol. The van der Waals surface area contributed by atoms with Crippen molar-refractivity contribution in [2.45, 2.75) is 19.6 Å². The Bertz CT molecular complexity index is 1200. The SMILES string of the molecule is Cc1cc(OCc2ccccc2)ccc1/C([O-])=C1\C(=O)C(=O)N(CC[NH+](C)C)C1c1cccs1. The molecule has 1 aliphatic rings. The van der Waals surface area contributed by atoms with Crippen molar-refractivity contribution >= 4 is 28.8 Å². The van der Waals surface area contributed by atoms with Gasteiger partial charge in [-0.2, -0.15) is 0 Å². The fourth-order valence-corrected chi connectivity index (χ4v) is 4.90. The Morgan fingerprint density at radius 3 is 2.50 bits per heavy atom. The average Bonchev–Trinajstić information content (AvgIpc) is 3.44. The number of ether oxygens (including phenoxy) is 1. The molecule has 1 N–H and O–H groups in total. The Labute approximate surface area is 203 Å². The molecule has 6 nitrogen and oxygen atoms in total. The standard InChI is InChI=1S/C27H28N2O4S/c1-18-16-20(33-17-19-8-5-4-6-9-19)11-12-21(18)25(30)23-24(22-10-7-15-34-22)29(14-13-28(2)3)27(32)26(23)31/h4-12,15-16,24,30H,13-14,17H2,1-3H3/b25-23+. The van der Waals surface area contributed by atoms with Crippen molar-refractivity contribution in [3.63, 3.8) is 0 Å². The summed E-state index contributed by atoms with van der Waals surface area (Å²) in [4.78, 5) is 29.5. The third kappa shape index (κ3) is 4.90. The molecule has 1 atom stereocenters. The number of hydrogen-bond donors (Lipinski definition) is 1. The first-order chi connectivity index (χ1) is 16.4. The number of quaternary nitrogens is 1. The summed E-state index contributed by atoms with van der Waals surface area (Å²) in [6, 6.07) is 18.1. The summed E-state index contributed by atoms with van der Waals surface area (Å²) in [5.41, 5.74) is 2.18. The van der Waals surface area contributed by atoms with Crippen LogP contribution >= 0.6 is 11.3 Å². The van der Waals surface area contributed by atoms with Gasteiger partial charge < -0.3 is 19.6 Å². The summed E-state index contributed by atoms with van der Waals surface area (Å²) in [5.74, 6) is -1.07. The molecule has 1 fully saturated rings. The zero-order chi connectivity index (χ0) is 24.2. The quantitative estimate of drug-likeness (QED) is 0.307. The molecule has 7 heteroatoms. The third-order valence-corrected chi connectivity index (χ3v) is 6.81. The number of likely N-dealkylation sites (tertiary alicyclic amines) is 1. The lowest BCUT2D eigenvalue weighted by Crippen LogP contribution is -3.06. The van der Waals surface area contributed by atoms with E-state index in [1.165, 1.54) is 11.3 Å². The van der Waals surface area contributed by atoms with Crippen LogP contribution in [0.1, 0.15) is 27.6 Å². The maximum Gasteiger partial charge on any atom is 0.295 e. The highest BCUT2D eigenvalue weighted by Crippen LogP contribution is 2.40. The molecule has 0 spiro atoms. The van der Waals surface area contributed by atoms with Crippen LogP contribution in [-0.4, -0.2) is 43.8 Å². The molecule has 1 aliphatic heterocycles. The van der Waals surface area contributed by atoms with Crippen LogP contribution in [0.3, 0.4) is 0 Å². The summed E-state index contributed by atoms with van der Waals surface area (Å²) in [7, 11) is 3.98. The molecule has 0 radical (unpaired) electrons. The highest BCUT2D eigenvalue weighted by atomic mass is 32.1. The molecule has 0 bridgehead atoms. The van der Waals surface area contributed by atoms with Crippen molar-refractivity contribution in [2.75, 3.05) is 27.2 Å². The predicted octanol–water partition coefficient (Wildman–Crippen LogP) is 2.00. The van der Waals surface area contributed by atoms with E-state index in [0.29, 0.717) is 36.6 Å². The Balaban J connectivity index is 1.66. The van der Waals surface area contributed by atoms with E-state index in [1.807, 2.05) is 68.9 Å². The summed E-state index contributed by atoms with van der Waals surface area (Å²) in [6.07, 6.45) is 0. The third-order valence-electron chi connectivity index (χ3n) is 5.89. The van der Waals surface area contributed by atoms with Gasteiger partial charge >= 0.3 is 0 Å². The van der Waals surface area contributed by atoms with Crippen molar-refractivity contribution in [1.29, 1.82) is 0 Å². The van der Waals surface area contributed by atoms with E-state index in [9.17, 15) is 14.7 Å². The molecule has 0 saturated carbocycles. The summed E-state index contributed by atoms with van der Waals surface area (Å²) < 4.78 is 5.87. The molecule has 2 aromatic carbocycles. The number of benzene rings is 2. The number of rotatable bonds is 8. The van der Waals surface area contributed by atoms with Gasteiger partial charge in [0.15, 0.2) is 0 Å².